The molecule has 0 spiro atoms. The molecule has 0 bridgehead atoms. The number of benzene rings is 2. The van der Waals surface area contributed by atoms with Crippen LogP contribution in [0.2, 0.25) is 5.02 Å². The molecular weight excluding hydrogens is 341 g/mol. The van der Waals surface area contributed by atoms with E-state index in [1.54, 1.807) is 12.1 Å². The molecule has 1 N–H and O–H groups in total. The molecule has 23 heavy (non-hydrogen) atoms. The lowest BCUT2D eigenvalue weighted by Crippen LogP contribution is -2.18. The second-order valence-electron chi connectivity index (χ2n) is 5.03. The SMILES string of the molecule is Cc1ccc(S(=O)(=O)CCC(=O)Nc2cccc(Cl)c2F)cc1. The number of aryl methyl sites for hydroxylation is 1. The van der Waals surface area contributed by atoms with E-state index in [-0.39, 0.29) is 27.8 Å². The van der Waals surface area contributed by atoms with Crippen molar-refractivity contribution in [2.45, 2.75) is 18.2 Å². The molecule has 4 nitrogen and oxygen atoms in total. The van der Waals surface area contributed by atoms with Crippen LogP contribution in [0.25, 0.3) is 0 Å². The van der Waals surface area contributed by atoms with Gasteiger partial charge >= 0.3 is 0 Å². The highest BCUT2D eigenvalue weighted by molar-refractivity contribution is 7.91. The standard InChI is InChI=1S/C16H15ClFNO3S/c1-11-5-7-12(8-6-11)23(21,22)10-9-15(20)19-14-4-2-3-13(17)16(14)18/h2-8H,9-10H2,1H3,(H,19,20). The van der Waals surface area contributed by atoms with Crippen LogP contribution in [0.15, 0.2) is 47.4 Å². The zero-order chi connectivity index (χ0) is 17.0. The van der Waals surface area contributed by atoms with Gasteiger partial charge in [0.15, 0.2) is 15.7 Å². The molecule has 0 radical (unpaired) electrons. The Balaban J connectivity index is 2.01. The summed E-state index contributed by atoms with van der Waals surface area (Å²) in [6.45, 7) is 1.85. The van der Waals surface area contributed by atoms with Crippen molar-refractivity contribution in [2.24, 2.45) is 0 Å². The molecule has 7 heteroatoms. The van der Waals surface area contributed by atoms with E-state index < -0.39 is 21.6 Å². The van der Waals surface area contributed by atoms with Gasteiger partial charge in [0.05, 0.1) is 21.4 Å². The summed E-state index contributed by atoms with van der Waals surface area (Å²) < 4.78 is 38.0. The first kappa shape index (κ1) is 17.4. The van der Waals surface area contributed by atoms with Gasteiger partial charge in [0.2, 0.25) is 5.91 Å². The highest BCUT2D eigenvalue weighted by Gasteiger charge is 2.17. The molecule has 2 aromatic carbocycles. The van der Waals surface area contributed by atoms with Crippen molar-refractivity contribution in [1.29, 1.82) is 0 Å². The van der Waals surface area contributed by atoms with Gasteiger partial charge < -0.3 is 5.32 Å². The molecule has 0 atom stereocenters. The Hall–Kier alpha value is -1.92. The monoisotopic (exact) mass is 355 g/mol. The van der Waals surface area contributed by atoms with Crippen LogP contribution in [-0.2, 0) is 14.6 Å². The maximum atomic E-state index is 13.7. The van der Waals surface area contributed by atoms with Crippen molar-refractivity contribution in [3.05, 3.63) is 58.9 Å². The number of nitrogens with one attached hydrogen (secondary N) is 1. The number of carbonyl (C=O) groups is 1. The van der Waals surface area contributed by atoms with Crippen LogP contribution in [0.3, 0.4) is 0 Å². The van der Waals surface area contributed by atoms with E-state index >= 15 is 0 Å². The maximum Gasteiger partial charge on any atom is 0.225 e. The van der Waals surface area contributed by atoms with E-state index in [0.717, 1.165) is 5.56 Å². The number of hydrogen-bond acceptors (Lipinski definition) is 3. The predicted molar refractivity (Wildman–Crippen MR) is 87.9 cm³/mol. The summed E-state index contributed by atoms with van der Waals surface area (Å²) >= 11 is 5.62. The van der Waals surface area contributed by atoms with Gasteiger partial charge in [-0.2, -0.15) is 0 Å². The summed E-state index contributed by atoms with van der Waals surface area (Å²) in [5, 5.41) is 2.21. The van der Waals surface area contributed by atoms with Crippen LogP contribution in [0.5, 0.6) is 0 Å². The summed E-state index contributed by atoms with van der Waals surface area (Å²) in [7, 11) is -3.56. The fourth-order valence-corrected chi connectivity index (χ4v) is 3.32. The molecule has 122 valence electrons. The van der Waals surface area contributed by atoms with E-state index in [1.165, 1.54) is 30.3 Å². The molecule has 0 saturated heterocycles. The Labute approximate surface area is 139 Å². The maximum absolute atomic E-state index is 13.7. The lowest BCUT2D eigenvalue weighted by Gasteiger charge is -2.08. The van der Waals surface area contributed by atoms with Crippen molar-refractivity contribution in [3.63, 3.8) is 0 Å². The van der Waals surface area contributed by atoms with Crippen LogP contribution in [0, 0.1) is 12.7 Å². The third-order valence-electron chi connectivity index (χ3n) is 3.20. The van der Waals surface area contributed by atoms with Gasteiger partial charge in [-0.05, 0) is 31.2 Å². The van der Waals surface area contributed by atoms with Gasteiger partial charge in [-0.15, -0.1) is 0 Å². The molecular formula is C16H15ClFNO3S. The van der Waals surface area contributed by atoms with Gasteiger partial charge in [-0.3, -0.25) is 4.79 Å². The Morgan fingerprint density at radius 2 is 1.83 bits per heavy atom. The molecule has 0 aliphatic heterocycles. The van der Waals surface area contributed by atoms with E-state index in [9.17, 15) is 17.6 Å². The molecule has 0 heterocycles. The minimum atomic E-state index is -3.56. The van der Waals surface area contributed by atoms with Crippen LogP contribution in [0.4, 0.5) is 10.1 Å². The average molecular weight is 356 g/mol. The molecule has 0 aliphatic carbocycles. The summed E-state index contributed by atoms with van der Waals surface area (Å²) in [6.07, 6.45) is -0.276. The first-order chi connectivity index (χ1) is 10.8. The summed E-state index contributed by atoms with van der Waals surface area (Å²) in [5.41, 5.74) is 0.869. The van der Waals surface area contributed by atoms with Crippen molar-refractivity contribution >= 4 is 33.0 Å². The molecule has 0 aromatic heterocycles. The zero-order valence-electron chi connectivity index (χ0n) is 12.3. The lowest BCUT2D eigenvalue weighted by molar-refractivity contribution is -0.115. The first-order valence-corrected chi connectivity index (χ1v) is 8.86. The van der Waals surface area contributed by atoms with Crippen LogP contribution in [0.1, 0.15) is 12.0 Å². The molecule has 1 amide bonds. The van der Waals surface area contributed by atoms with Gasteiger partial charge in [0.1, 0.15) is 0 Å². The molecule has 0 unspecified atom stereocenters. The fourth-order valence-electron chi connectivity index (χ4n) is 1.90. The predicted octanol–water partition coefficient (Wildman–Crippen LogP) is 3.59. The Morgan fingerprint density at radius 3 is 2.48 bits per heavy atom. The van der Waals surface area contributed by atoms with Crippen molar-refractivity contribution < 1.29 is 17.6 Å². The Kier molecular flexibility index (Phi) is 5.38. The first-order valence-electron chi connectivity index (χ1n) is 6.83. The zero-order valence-corrected chi connectivity index (χ0v) is 13.9. The van der Waals surface area contributed by atoms with Gasteiger partial charge in [0.25, 0.3) is 0 Å². The smallest absolute Gasteiger partial charge is 0.225 e. The highest BCUT2D eigenvalue weighted by Crippen LogP contribution is 2.22. The number of halogens is 2. The van der Waals surface area contributed by atoms with Crippen LogP contribution in [-0.4, -0.2) is 20.1 Å². The van der Waals surface area contributed by atoms with Crippen molar-refractivity contribution in [3.8, 4) is 0 Å². The van der Waals surface area contributed by atoms with Gasteiger partial charge in [-0.1, -0.05) is 35.4 Å². The Bertz CT molecular complexity index is 820. The number of amides is 1. The van der Waals surface area contributed by atoms with E-state index in [0.29, 0.717) is 0 Å². The highest BCUT2D eigenvalue weighted by atomic mass is 35.5. The van der Waals surface area contributed by atoms with E-state index in [2.05, 4.69) is 5.32 Å². The minimum Gasteiger partial charge on any atom is -0.324 e. The van der Waals surface area contributed by atoms with Gasteiger partial charge in [0, 0.05) is 6.42 Å². The topological polar surface area (TPSA) is 63.2 Å². The van der Waals surface area contributed by atoms with Crippen molar-refractivity contribution in [2.75, 3.05) is 11.1 Å². The fraction of sp³-hybridized carbons (Fsp3) is 0.188. The number of carbonyl (C=O) groups excluding carboxylic acids is 1. The van der Waals surface area contributed by atoms with Gasteiger partial charge in [-0.25, -0.2) is 12.8 Å². The third-order valence-corrected chi connectivity index (χ3v) is 5.23. The molecule has 2 aromatic rings. The molecule has 0 aliphatic rings. The summed E-state index contributed by atoms with van der Waals surface area (Å²) in [5.74, 6) is -1.70. The molecule has 2 rings (SSSR count). The third kappa shape index (κ3) is 4.53. The average Bonchev–Trinajstić information content (AvgIpc) is 2.50. The second kappa shape index (κ2) is 7.10. The van der Waals surface area contributed by atoms with E-state index in [4.69, 9.17) is 11.6 Å². The van der Waals surface area contributed by atoms with Crippen molar-refractivity contribution in [1.82, 2.24) is 0 Å². The van der Waals surface area contributed by atoms with Crippen LogP contribution >= 0.6 is 11.6 Å². The normalized spacial score (nSPS) is 11.3. The second-order valence-corrected chi connectivity index (χ2v) is 7.55. The van der Waals surface area contributed by atoms with Crippen LogP contribution < -0.4 is 5.32 Å². The Morgan fingerprint density at radius 1 is 1.17 bits per heavy atom. The number of sulfone groups is 1. The number of anilines is 1. The molecule has 0 fully saturated rings. The minimum absolute atomic E-state index is 0.0739. The summed E-state index contributed by atoms with van der Waals surface area (Å²) in [6, 6.07) is 10.6. The number of rotatable bonds is 5. The number of hydrogen-bond donors (Lipinski definition) is 1. The largest absolute Gasteiger partial charge is 0.324 e. The van der Waals surface area contributed by atoms with E-state index in [1.807, 2.05) is 6.92 Å². The lowest BCUT2D eigenvalue weighted by atomic mass is 10.2. The molecule has 0 saturated carbocycles. The quantitative estimate of drug-likeness (QED) is 0.891. The summed E-state index contributed by atoms with van der Waals surface area (Å²) in [4.78, 5) is 12.0.